The molecule has 3 rings (SSSR count). The second kappa shape index (κ2) is 8.73. The first-order valence-corrected chi connectivity index (χ1v) is 10.6. The summed E-state index contributed by atoms with van der Waals surface area (Å²) in [6.45, 7) is 1.32. The Labute approximate surface area is 168 Å². The van der Waals surface area contributed by atoms with Crippen molar-refractivity contribution in [3.8, 4) is 5.75 Å². The van der Waals surface area contributed by atoms with Crippen LogP contribution in [0.25, 0.3) is 10.2 Å². The molecule has 0 fully saturated rings. The van der Waals surface area contributed by atoms with E-state index in [-0.39, 0.29) is 5.91 Å². The van der Waals surface area contributed by atoms with E-state index in [0.717, 1.165) is 27.4 Å². The van der Waals surface area contributed by atoms with Crippen molar-refractivity contribution in [3.63, 3.8) is 0 Å². The van der Waals surface area contributed by atoms with Gasteiger partial charge in [0, 0.05) is 23.5 Å². The number of likely N-dealkylation sites (N-methyl/N-ethyl adjacent to an activating group) is 1. The Morgan fingerprint density at radius 3 is 2.67 bits per heavy atom. The molecule has 27 heavy (non-hydrogen) atoms. The van der Waals surface area contributed by atoms with Crippen LogP contribution in [0.15, 0.2) is 47.4 Å². The van der Waals surface area contributed by atoms with E-state index in [9.17, 15) is 4.79 Å². The molecule has 0 aliphatic heterocycles. The van der Waals surface area contributed by atoms with Gasteiger partial charge in [-0.1, -0.05) is 23.5 Å². The summed E-state index contributed by atoms with van der Waals surface area (Å²) < 4.78 is 6.43. The van der Waals surface area contributed by atoms with Crippen LogP contribution in [0.4, 0.5) is 5.13 Å². The first-order valence-electron chi connectivity index (χ1n) is 8.57. The maximum atomic E-state index is 13.3. The average molecular weight is 402 g/mol. The summed E-state index contributed by atoms with van der Waals surface area (Å²) in [6, 6.07) is 13.6. The summed E-state index contributed by atoms with van der Waals surface area (Å²) in [4.78, 5) is 22.9. The third-order valence-electron chi connectivity index (χ3n) is 4.15. The van der Waals surface area contributed by atoms with Crippen molar-refractivity contribution in [2.45, 2.75) is 4.90 Å². The minimum atomic E-state index is -0.0363. The van der Waals surface area contributed by atoms with Gasteiger partial charge in [0.15, 0.2) is 5.13 Å². The van der Waals surface area contributed by atoms with Crippen LogP contribution in [0.5, 0.6) is 5.75 Å². The summed E-state index contributed by atoms with van der Waals surface area (Å²) in [6.07, 6.45) is 2.01. The van der Waals surface area contributed by atoms with E-state index < -0.39 is 0 Å². The molecule has 2 aromatic carbocycles. The normalized spacial score (nSPS) is 11.1. The predicted octanol–water partition coefficient (Wildman–Crippen LogP) is 4.24. The molecular weight excluding hydrogens is 378 g/mol. The number of carbonyl (C=O) groups excluding carboxylic acids is 1. The SMILES string of the molecule is COc1cccc2sc(N(CCN(C)C)C(=O)c3cccc(SC)c3)nc12. The minimum absolute atomic E-state index is 0.0363. The number of rotatable bonds is 7. The summed E-state index contributed by atoms with van der Waals surface area (Å²) in [5.74, 6) is 0.685. The number of carbonyl (C=O) groups is 1. The fourth-order valence-electron chi connectivity index (χ4n) is 2.69. The zero-order valence-electron chi connectivity index (χ0n) is 15.9. The third kappa shape index (κ3) is 4.43. The highest BCUT2D eigenvalue weighted by Gasteiger charge is 2.22. The monoisotopic (exact) mass is 401 g/mol. The number of thioether (sulfide) groups is 1. The maximum Gasteiger partial charge on any atom is 0.260 e. The molecule has 0 saturated heterocycles. The van der Waals surface area contributed by atoms with Crippen molar-refractivity contribution in [1.82, 2.24) is 9.88 Å². The molecule has 0 saturated carbocycles. The van der Waals surface area contributed by atoms with Crippen molar-refractivity contribution in [3.05, 3.63) is 48.0 Å². The first kappa shape index (κ1) is 19.7. The van der Waals surface area contributed by atoms with Gasteiger partial charge in [-0.05, 0) is 50.7 Å². The van der Waals surface area contributed by atoms with Gasteiger partial charge in [-0.15, -0.1) is 11.8 Å². The number of para-hydroxylation sites is 1. The number of aromatic nitrogens is 1. The molecule has 3 aromatic rings. The zero-order valence-corrected chi connectivity index (χ0v) is 17.6. The lowest BCUT2D eigenvalue weighted by Gasteiger charge is -2.22. The molecule has 142 valence electrons. The van der Waals surface area contributed by atoms with Crippen LogP contribution in [-0.2, 0) is 0 Å². The van der Waals surface area contributed by atoms with Gasteiger partial charge >= 0.3 is 0 Å². The smallest absolute Gasteiger partial charge is 0.260 e. The molecule has 0 radical (unpaired) electrons. The first-order chi connectivity index (χ1) is 13.0. The molecule has 7 heteroatoms. The topological polar surface area (TPSA) is 45.7 Å². The Morgan fingerprint density at radius 1 is 1.19 bits per heavy atom. The van der Waals surface area contributed by atoms with Crippen molar-refractivity contribution < 1.29 is 9.53 Å². The van der Waals surface area contributed by atoms with Crippen molar-refractivity contribution in [1.29, 1.82) is 0 Å². The third-order valence-corrected chi connectivity index (χ3v) is 5.92. The molecule has 5 nitrogen and oxygen atoms in total. The number of fused-ring (bicyclic) bond motifs is 1. The van der Waals surface area contributed by atoms with E-state index in [0.29, 0.717) is 17.2 Å². The fraction of sp³-hybridized carbons (Fsp3) is 0.300. The Kier molecular flexibility index (Phi) is 6.36. The van der Waals surface area contributed by atoms with Crippen LogP contribution < -0.4 is 9.64 Å². The Morgan fingerprint density at radius 2 is 1.96 bits per heavy atom. The summed E-state index contributed by atoms with van der Waals surface area (Å²) in [5, 5.41) is 0.691. The molecular formula is C20H23N3O2S2. The summed E-state index contributed by atoms with van der Waals surface area (Å²) in [5.41, 5.74) is 1.47. The Balaban J connectivity index is 2.01. The quantitative estimate of drug-likeness (QED) is 0.554. The molecule has 0 aliphatic carbocycles. The minimum Gasteiger partial charge on any atom is -0.494 e. The lowest BCUT2D eigenvalue weighted by molar-refractivity contribution is 0.0985. The molecule has 1 heterocycles. The number of amides is 1. The fourth-order valence-corrected chi connectivity index (χ4v) is 4.15. The molecule has 0 spiro atoms. The number of thiazole rings is 1. The van der Waals surface area contributed by atoms with Crippen molar-refractivity contribution in [2.75, 3.05) is 45.5 Å². The van der Waals surface area contributed by atoms with Crippen LogP contribution in [0.3, 0.4) is 0 Å². The second-order valence-corrected chi connectivity index (χ2v) is 8.18. The van der Waals surface area contributed by atoms with Gasteiger partial charge < -0.3 is 9.64 Å². The van der Waals surface area contributed by atoms with Gasteiger partial charge in [0.25, 0.3) is 5.91 Å². The molecule has 0 N–H and O–H groups in total. The van der Waals surface area contributed by atoms with Crippen LogP contribution in [0.2, 0.25) is 0 Å². The second-order valence-electron chi connectivity index (χ2n) is 6.30. The summed E-state index contributed by atoms with van der Waals surface area (Å²) in [7, 11) is 5.63. The van der Waals surface area contributed by atoms with Gasteiger partial charge in [-0.25, -0.2) is 4.98 Å². The van der Waals surface area contributed by atoms with Gasteiger partial charge in [0.05, 0.1) is 11.8 Å². The number of methoxy groups -OCH3 is 1. The van der Waals surface area contributed by atoms with E-state index in [1.54, 1.807) is 23.8 Å². The van der Waals surface area contributed by atoms with E-state index in [4.69, 9.17) is 9.72 Å². The van der Waals surface area contributed by atoms with Gasteiger partial charge in [-0.3, -0.25) is 9.69 Å². The Bertz CT molecular complexity index is 940. The number of ether oxygens (including phenoxy) is 1. The lowest BCUT2D eigenvalue weighted by atomic mass is 10.2. The predicted molar refractivity (Wildman–Crippen MR) is 115 cm³/mol. The lowest BCUT2D eigenvalue weighted by Crippen LogP contribution is -2.36. The highest BCUT2D eigenvalue weighted by atomic mass is 32.2. The average Bonchev–Trinajstić information content (AvgIpc) is 3.11. The maximum absolute atomic E-state index is 13.3. The number of hydrogen-bond acceptors (Lipinski definition) is 6. The van der Waals surface area contributed by atoms with Crippen LogP contribution in [-0.4, -0.2) is 56.3 Å². The van der Waals surface area contributed by atoms with Gasteiger partial charge in [0.2, 0.25) is 0 Å². The highest BCUT2D eigenvalue weighted by Crippen LogP contribution is 2.34. The van der Waals surface area contributed by atoms with Gasteiger partial charge in [0.1, 0.15) is 11.3 Å². The van der Waals surface area contributed by atoms with E-state index in [1.165, 1.54) is 11.3 Å². The van der Waals surface area contributed by atoms with Gasteiger partial charge in [-0.2, -0.15) is 0 Å². The number of hydrogen-bond donors (Lipinski definition) is 0. The van der Waals surface area contributed by atoms with E-state index in [1.807, 2.05) is 62.8 Å². The molecule has 0 aliphatic rings. The molecule has 0 bridgehead atoms. The number of benzene rings is 2. The van der Waals surface area contributed by atoms with E-state index >= 15 is 0 Å². The molecule has 0 unspecified atom stereocenters. The molecule has 1 aromatic heterocycles. The largest absolute Gasteiger partial charge is 0.494 e. The Hall–Kier alpha value is -2.09. The zero-order chi connectivity index (χ0) is 19.4. The van der Waals surface area contributed by atoms with Crippen LogP contribution >= 0.6 is 23.1 Å². The molecule has 1 amide bonds. The summed E-state index contributed by atoms with van der Waals surface area (Å²) >= 11 is 3.14. The molecule has 0 atom stereocenters. The van der Waals surface area contributed by atoms with Crippen LogP contribution in [0, 0.1) is 0 Å². The van der Waals surface area contributed by atoms with E-state index in [2.05, 4.69) is 4.90 Å². The highest BCUT2D eigenvalue weighted by molar-refractivity contribution is 7.98. The van der Waals surface area contributed by atoms with Crippen LogP contribution in [0.1, 0.15) is 10.4 Å². The standard InChI is InChI=1S/C20H23N3O2S2/c1-22(2)11-12-23(19(24)14-7-5-8-15(13-14)26-4)20-21-18-16(25-3)9-6-10-17(18)27-20/h5-10,13H,11-12H2,1-4H3. The number of anilines is 1. The van der Waals surface area contributed by atoms with Crippen molar-refractivity contribution >= 4 is 44.4 Å². The van der Waals surface area contributed by atoms with Crippen molar-refractivity contribution in [2.24, 2.45) is 0 Å². The number of nitrogens with zero attached hydrogens (tertiary/aromatic N) is 3.